The number of hydrogen-bond donors (Lipinski definition) is 1. The van der Waals surface area contributed by atoms with Crippen molar-refractivity contribution in [3.8, 4) is 6.07 Å². The van der Waals surface area contributed by atoms with Crippen molar-refractivity contribution in [2.24, 2.45) is 17.1 Å². The van der Waals surface area contributed by atoms with Crippen molar-refractivity contribution in [3.05, 3.63) is 23.3 Å². The first-order valence-corrected chi connectivity index (χ1v) is 8.29. The van der Waals surface area contributed by atoms with Crippen LogP contribution >= 0.6 is 11.6 Å². The van der Waals surface area contributed by atoms with Crippen molar-refractivity contribution in [1.82, 2.24) is 4.90 Å². The van der Waals surface area contributed by atoms with Crippen molar-refractivity contribution >= 4 is 11.6 Å². The van der Waals surface area contributed by atoms with Crippen LogP contribution in [0.5, 0.6) is 0 Å². The van der Waals surface area contributed by atoms with Gasteiger partial charge in [0, 0.05) is 24.0 Å². The van der Waals surface area contributed by atoms with E-state index in [1.165, 1.54) is 12.8 Å². The lowest BCUT2D eigenvalue weighted by molar-refractivity contribution is 0.0767. The predicted octanol–water partition coefficient (Wildman–Crippen LogP) is 3.42. The van der Waals surface area contributed by atoms with Gasteiger partial charge in [0.05, 0.1) is 6.07 Å². The van der Waals surface area contributed by atoms with E-state index < -0.39 is 0 Å². The molecule has 0 aliphatic heterocycles. The summed E-state index contributed by atoms with van der Waals surface area (Å²) in [5.74, 6) is 0.477. The molecule has 0 amide bonds. The fourth-order valence-corrected chi connectivity index (χ4v) is 4.05. The zero-order valence-electron chi connectivity index (χ0n) is 12.9. The van der Waals surface area contributed by atoms with Gasteiger partial charge in [-0.05, 0) is 63.1 Å². The number of nitrogens with zero attached hydrogens (tertiary/aromatic N) is 2. The van der Waals surface area contributed by atoms with Gasteiger partial charge in [-0.2, -0.15) is 5.26 Å². The molecule has 0 bridgehead atoms. The fraction of sp³-hybridized carbons (Fsp3) is 0.706. The van der Waals surface area contributed by atoms with Gasteiger partial charge in [-0.15, -0.1) is 0 Å². The van der Waals surface area contributed by atoms with Gasteiger partial charge in [0.1, 0.15) is 0 Å². The molecule has 21 heavy (non-hydrogen) atoms. The molecule has 0 spiro atoms. The average molecular weight is 308 g/mol. The molecule has 0 heterocycles. The normalized spacial score (nSPS) is 32.8. The van der Waals surface area contributed by atoms with Crippen molar-refractivity contribution in [1.29, 1.82) is 5.26 Å². The molecule has 4 heteroatoms. The molecule has 0 aromatic carbocycles. The Kier molecular flexibility index (Phi) is 5.87. The van der Waals surface area contributed by atoms with Crippen LogP contribution in [0.25, 0.3) is 0 Å². The lowest BCUT2D eigenvalue weighted by atomic mass is 9.63. The summed E-state index contributed by atoms with van der Waals surface area (Å²) in [6.45, 7) is 1.61. The van der Waals surface area contributed by atoms with Crippen molar-refractivity contribution in [2.75, 3.05) is 20.1 Å². The molecular weight excluding hydrogens is 282 g/mol. The largest absolute Gasteiger partial charge is 0.330 e. The van der Waals surface area contributed by atoms with Gasteiger partial charge in [-0.3, -0.25) is 0 Å². The highest BCUT2D eigenvalue weighted by atomic mass is 35.5. The quantitative estimate of drug-likeness (QED) is 0.846. The molecule has 2 N–H and O–H groups in total. The third-order valence-electron chi connectivity index (χ3n) is 5.38. The first kappa shape index (κ1) is 16.5. The van der Waals surface area contributed by atoms with E-state index in [9.17, 15) is 0 Å². The van der Waals surface area contributed by atoms with Gasteiger partial charge in [-0.25, -0.2) is 0 Å². The molecule has 0 aromatic heterocycles. The van der Waals surface area contributed by atoms with Crippen LogP contribution in [-0.2, 0) is 0 Å². The molecule has 2 aliphatic rings. The van der Waals surface area contributed by atoms with Gasteiger partial charge in [0.2, 0.25) is 0 Å². The molecule has 1 fully saturated rings. The van der Waals surface area contributed by atoms with E-state index >= 15 is 0 Å². The Labute approximate surface area is 133 Å². The van der Waals surface area contributed by atoms with Gasteiger partial charge >= 0.3 is 0 Å². The maximum absolute atomic E-state index is 8.71. The predicted molar refractivity (Wildman–Crippen MR) is 87.8 cm³/mol. The second-order valence-corrected chi connectivity index (χ2v) is 6.98. The minimum absolute atomic E-state index is 0.206. The monoisotopic (exact) mass is 307 g/mol. The summed E-state index contributed by atoms with van der Waals surface area (Å²) < 4.78 is 0. The van der Waals surface area contributed by atoms with E-state index in [1.807, 2.05) is 6.08 Å². The van der Waals surface area contributed by atoms with E-state index in [-0.39, 0.29) is 5.41 Å². The zero-order valence-corrected chi connectivity index (χ0v) is 13.6. The molecule has 3 nitrogen and oxygen atoms in total. The lowest BCUT2D eigenvalue weighted by Crippen LogP contribution is -2.45. The van der Waals surface area contributed by atoms with E-state index in [4.69, 9.17) is 22.6 Å². The van der Waals surface area contributed by atoms with E-state index in [1.54, 1.807) is 0 Å². The lowest BCUT2D eigenvalue weighted by Gasteiger charge is -2.46. The fourth-order valence-electron chi connectivity index (χ4n) is 3.81. The molecule has 0 saturated heterocycles. The Hall–Kier alpha value is -0.820. The van der Waals surface area contributed by atoms with Crippen molar-refractivity contribution in [2.45, 2.75) is 44.6 Å². The number of nitrogens with two attached hydrogens (primary N) is 1. The summed E-state index contributed by atoms with van der Waals surface area (Å²) in [4.78, 5) is 2.34. The maximum atomic E-state index is 8.71. The Balaban J connectivity index is 1.95. The van der Waals surface area contributed by atoms with Gasteiger partial charge in [-0.1, -0.05) is 23.8 Å². The highest BCUT2D eigenvalue weighted by Crippen LogP contribution is 2.47. The van der Waals surface area contributed by atoms with Crippen LogP contribution in [-0.4, -0.2) is 31.1 Å². The molecule has 116 valence electrons. The molecule has 2 rings (SSSR count). The van der Waals surface area contributed by atoms with Crippen LogP contribution in [0.1, 0.15) is 38.5 Å². The smallest absolute Gasteiger partial charge is 0.0635 e. The summed E-state index contributed by atoms with van der Waals surface area (Å²) in [5, 5.41) is 9.66. The van der Waals surface area contributed by atoms with Crippen molar-refractivity contribution in [3.63, 3.8) is 0 Å². The first-order chi connectivity index (χ1) is 10.1. The highest BCUT2D eigenvalue weighted by Gasteiger charge is 2.40. The minimum Gasteiger partial charge on any atom is -0.330 e. The molecule has 2 aliphatic carbocycles. The number of halogens is 1. The van der Waals surface area contributed by atoms with Gasteiger partial charge in [0.15, 0.2) is 0 Å². The summed E-state index contributed by atoms with van der Waals surface area (Å²) >= 11 is 6.22. The molecule has 0 aromatic rings. The molecule has 0 radical (unpaired) electrons. The third kappa shape index (κ3) is 3.88. The second-order valence-electron chi connectivity index (χ2n) is 6.50. The van der Waals surface area contributed by atoms with Crippen LogP contribution in [0.2, 0.25) is 0 Å². The SMILES string of the molecule is CN(CCC#N)C1CCC(CN)(C2C=CC=C(Cl)C2)CC1. The molecule has 1 saturated carbocycles. The van der Waals surface area contributed by atoms with Crippen LogP contribution < -0.4 is 5.73 Å². The summed E-state index contributed by atoms with van der Waals surface area (Å²) in [6, 6.07) is 2.82. The average Bonchev–Trinajstić information content (AvgIpc) is 2.52. The Morgan fingerprint density at radius 1 is 1.48 bits per heavy atom. The minimum atomic E-state index is 0.206. The second kappa shape index (κ2) is 7.45. The van der Waals surface area contributed by atoms with E-state index in [0.717, 1.165) is 37.4 Å². The van der Waals surface area contributed by atoms with Crippen LogP contribution in [0.4, 0.5) is 0 Å². The summed E-state index contributed by atoms with van der Waals surface area (Å²) in [6.07, 6.45) is 12.6. The Morgan fingerprint density at radius 3 is 2.76 bits per heavy atom. The molecule has 1 atom stereocenters. The van der Waals surface area contributed by atoms with Crippen LogP contribution in [0.15, 0.2) is 23.3 Å². The van der Waals surface area contributed by atoms with E-state index in [0.29, 0.717) is 18.4 Å². The van der Waals surface area contributed by atoms with Crippen molar-refractivity contribution < 1.29 is 0 Å². The first-order valence-electron chi connectivity index (χ1n) is 7.91. The van der Waals surface area contributed by atoms with Crippen LogP contribution in [0, 0.1) is 22.7 Å². The van der Waals surface area contributed by atoms with Gasteiger partial charge < -0.3 is 10.6 Å². The zero-order chi connectivity index (χ0) is 15.3. The number of rotatable bonds is 5. The summed E-state index contributed by atoms with van der Waals surface area (Å²) in [5.41, 5.74) is 6.37. The summed E-state index contributed by atoms with van der Waals surface area (Å²) in [7, 11) is 2.14. The topological polar surface area (TPSA) is 53.0 Å². The van der Waals surface area contributed by atoms with Crippen LogP contribution in [0.3, 0.4) is 0 Å². The Bertz CT molecular complexity index is 441. The number of nitriles is 1. The third-order valence-corrected chi connectivity index (χ3v) is 5.66. The maximum Gasteiger partial charge on any atom is 0.0635 e. The molecule has 1 unspecified atom stereocenters. The highest BCUT2D eigenvalue weighted by molar-refractivity contribution is 6.29. The number of hydrogen-bond acceptors (Lipinski definition) is 3. The van der Waals surface area contributed by atoms with E-state index in [2.05, 4.69) is 30.2 Å². The number of allylic oxidation sites excluding steroid dienone is 4. The molecular formula is C17H26ClN3. The standard InChI is InChI=1S/C17H26ClN3/c1-21(11-3-10-19)16-6-8-17(13-20,9-7-16)14-4-2-5-15(18)12-14/h2,4-5,14,16H,3,6-9,11-13,20H2,1H3. The Morgan fingerprint density at radius 2 is 2.19 bits per heavy atom. The van der Waals surface area contributed by atoms with Gasteiger partial charge in [0.25, 0.3) is 0 Å².